The van der Waals surface area contributed by atoms with E-state index in [1.807, 2.05) is 29.2 Å². The maximum Gasteiger partial charge on any atom is 0.254 e. The highest BCUT2D eigenvalue weighted by Crippen LogP contribution is 2.21. The molecule has 1 aromatic rings. The summed E-state index contributed by atoms with van der Waals surface area (Å²) < 4.78 is 0. The standard InChI is InChI=1S/C14H19NO2/c1-2-11-6-3-4-8-13(11)14(17)15-9-5-7-12(15)10-16/h3-4,6,8,12,16H,2,5,7,9-10H2,1H3/t12-/m0/s1. The van der Waals surface area contributed by atoms with Gasteiger partial charge in [0.05, 0.1) is 12.6 Å². The molecule has 17 heavy (non-hydrogen) atoms. The molecule has 1 N–H and O–H groups in total. The van der Waals surface area contributed by atoms with Crippen molar-refractivity contribution in [2.75, 3.05) is 13.2 Å². The highest BCUT2D eigenvalue weighted by atomic mass is 16.3. The number of hydrogen-bond donors (Lipinski definition) is 1. The number of carbonyl (C=O) groups excluding carboxylic acids is 1. The minimum Gasteiger partial charge on any atom is -0.394 e. The molecule has 0 unspecified atom stereocenters. The van der Waals surface area contributed by atoms with E-state index in [1.165, 1.54) is 0 Å². The molecule has 0 spiro atoms. The van der Waals surface area contributed by atoms with E-state index >= 15 is 0 Å². The zero-order chi connectivity index (χ0) is 12.3. The first-order chi connectivity index (χ1) is 8.27. The van der Waals surface area contributed by atoms with Gasteiger partial charge < -0.3 is 10.0 Å². The van der Waals surface area contributed by atoms with Crippen LogP contribution in [0.4, 0.5) is 0 Å². The van der Waals surface area contributed by atoms with Gasteiger partial charge in [-0.3, -0.25) is 4.79 Å². The van der Waals surface area contributed by atoms with Gasteiger partial charge in [0.2, 0.25) is 0 Å². The van der Waals surface area contributed by atoms with Gasteiger partial charge in [-0.05, 0) is 30.9 Å². The molecule has 1 aromatic carbocycles. The molecule has 1 aliphatic heterocycles. The molecule has 1 aliphatic rings. The van der Waals surface area contributed by atoms with Crippen molar-refractivity contribution in [3.05, 3.63) is 35.4 Å². The average molecular weight is 233 g/mol. The van der Waals surface area contributed by atoms with Crippen LogP contribution >= 0.6 is 0 Å². The molecule has 0 aliphatic carbocycles. The third-order valence-corrected chi connectivity index (χ3v) is 3.48. The number of amides is 1. The molecule has 0 radical (unpaired) electrons. The highest BCUT2D eigenvalue weighted by molar-refractivity contribution is 5.96. The molecule has 2 rings (SSSR count). The molecular formula is C14H19NO2. The fraction of sp³-hybridized carbons (Fsp3) is 0.500. The highest BCUT2D eigenvalue weighted by Gasteiger charge is 2.29. The maximum atomic E-state index is 12.4. The van der Waals surface area contributed by atoms with Crippen LogP contribution in [0.2, 0.25) is 0 Å². The Hall–Kier alpha value is -1.35. The summed E-state index contributed by atoms with van der Waals surface area (Å²) in [6.07, 6.45) is 2.77. The van der Waals surface area contributed by atoms with Crippen LogP contribution in [0.25, 0.3) is 0 Å². The summed E-state index contributed by atoms with van der Waals surface area (Å²) in [7, 11) is 0. The Morgan fingerprint density at radius 3 is 2.94 bits per heavy atom. The molecule has 1 saturated heterocycles. The maximum absolute atomic E-state index is 12.4. The van der Waals surface area contributed by atoms with Crippen molar-refractivity contribution in [2.24, 2.45) is 0 Å². The van der Waals surface area contributed by atoms with Gasteiger partial charge in [0.1, 0.15) is 0 Å². The van der Waals surface area contributed by atoms with Crippen LogP contribution in [-0.4, -0.2) is 35.1 Å². The third-order valence-electron chi connectivity index (χ3n) is 3.48. The minimum absolute atomic E-state index is 0.00686. The molecule has 3 nitrogen and oxygen atoms in total. The van der Waals surface area contributed by atoms with Crippen molar-refractivity contribution in [3.63, 3.8) is 0 Å². The lowest BCUT2D eigenvalue weighted by Gasteiger charge is -2.24. The van der Waals surface area contributed by atoms with Gasteiger partial charge in [-0.1, -0.05) is 25.1 Å². The number of nitrogens with zero attached hydrogens (tertiary/aromatic N) is 1. The number of carbonyl (C=O) groups is 1. The quantitative estimate of drug-likeness (QED) is 0.865. The second-order valence-corrected chi connectivity index (χ2v) is 4.49. The summed E-state index contributed by atoms with van der Waals surface area (Å²) in [4.78, 5) is 14.2. The van der Waals surface area contributed by atoms with Crippen LogP contribution in [0.5, 0.6) is 0 Å². The van der Waals surface area contributed by atoms with Crippen molar-refractivity contribution >= 4 is 5.91 Å². The third kappa shape index (κ3) is 2.34. The summed E-state index contributed by atoms with van der Waals surface area (Å²) in [5.41, 5.74) is 1.87. The molecule has 0 saturated carbocycles. The van der Waals surface area contributed by atoms with Crippen LogP contribution in [0.15, 0.2) is 24.3 Å². The van der Waals surface area contributed by atoms with E-state index in [2.05, 4.69) is 6.92 Å². The van der Waals surface area contributed by atoms with Crippen molar-refractivity contribution < 1.29 is 9.90 Å². The molecule has 92 valence electrons. The Morgan fingerprint density at radius 2 is 2.24 bits per heavy atom. The van der Waals surface area contributed by atoms with E-state index in [4.69, 9.17) is 0 Å². The number of hydrogen-bond acceptors (Lipinski definition) is 2. The second kappa shape index (κ2) is 5.32. The Morgan fingerprint density at radius 1 is 1.47 bits per heavy atom. The fourth-order valence-corrected chi connectivity index (χ4v) is 2.48. The monoisotopic (exact) mass is 233 g/mol. The topological polar surface area (TPSA) is 40.5 Å². The van der Waals surface area contributed by atoms with Gasteiger partial charge in [-0.2, -0.15) is 0 Å². The van der Waals surface area contributed by atoms with Gasteiger partial charge in [-0.15, -0.1) is 0 Å². The van der Waals surface area contributed by atoms with Crippen molar-refractivity contribution in [1.29, 1.82) is 0 Å². The zero-order valence-corrected chi connectivity index (χ0v) is 10.2. The second-order valence-electron chi connectivity index (χ2n) is 4.49. The minimum atomic E-state index is 0.00686. The number of aryl methyl sites for hydroxylation is 1. The van der Waals surface area contributed by atoms with Crippen LogP contribution in [-0.2, 0) is 6.42 Å². The molecule has 1 amide bonds. The summed E-state index contributed by atoms with van der Waals surface area (Å²) in [5, 5.41) is 9.26. The molecule has 0 aromatic heterocycles. The Balaban J connectivity index is 2.24. The average Bonchev–Trinajstić information content (AvgIpc) is 2.86. The lowest BCUT2D eigenvalue weighted by atomic mass is 10.0. The molecule has 3 heteroatoms. The van der Waals surface area contributed by atoms with E-state index < -0.39 is 0 Å². The van der Waals surface area contributed by atoms with Crippen LogP contribution in [0.3, 0.4) is 0 Å². The number of aliphatic hydroxyl groups is 1. The molecule has 1 heterocycles. The van der Waals surface area contributed by atoms with Gasteiger partial charge in [0.25, 0.3) is 5.91 Å². The van der Waals surface area contributed by atoms with E-state index in [1.54, 1.807) is 0 Å². The predicted octanol–water partition coefficient (Wildman–Crippen LogP) is 1.85. The zero-order valence-electron chi connectivity index (χ0n) is 10.2. The predicted molar refractivity (Wildman–Crippen MR) is 67.0 cm³/mol. The van der Waals surface area contributed by atoms with Crippen molar-refractivity contribution in [1.82, 2.24) is 4.90 Å². The van der Waals surface area contributed by atoms with E-state index in [9.17, 15) is 9.90 Å². The molecular weight excluding hydrogens is 214 g/mol. The van der Waals surface area contributed by atoms with Crippen LogP contribution in [0, 0.1) is 0 Å². The van der Waals surface area contributed by atoms with Crippen molar-refractivity contribution in [3.8, 4) is 0 Å². The summed E-state index contributed by atoms with van der Waals surface area (Å²) in [6, 6.07) is 7.75. The Kier molecular flexibility index (Phi) is 3.79. The van der Waals surface area contributed by atoms with Crippen molar-refractivity contribution in [2.45, 2.75) is 32.2 Å². The number of likely N-dealkylation sites (tertiary alicyclic amines) is 1. The van der Waals surface area contributed by atoms with E-state index in [0.717, 1.165) is 36.9 Å². The van der Waals surface area contributed by atoms with E-state index in [-0.39, 0.29) is 18.6 Å². The summed E-state index contributed by atoms with van der Waals surface area (Å²) in [6.45, 7) is 2.89. The molecule has 1 atom stereocenters. The van der Waals surface area contributed by atoms with E-state index in [0.29, 0.717) is 0 Å². The first kappa shape index (κ1) is 12.1. The van der Waals surface area contributed by atoms with Crippen LogP contribution in [0.1, 0.15) is 35.7 Å². The Labute approximate surface area is 102 Å². The SMILES string of the molecule is CCc1ccccc1C(=O)N1CCC[C@H]1CO. The summed E-state index contributed by atoms with van der Waals surface area (Å²) in [5.74, 6) is 0.0685. The van der Waals surface area contributed by atoms with Gasteiger partial charge in [0.15, 0.2) is 0 Å². The summed E-state index contributed by atoms with van der Waals surface area (Å²) >= 11 is 0. The number of aliphatic hydroxyl groups excluding tert-OH is 1. The van der Waals surface area contributed by atoms with Crippen LogP contribution < -0.4 is 0 Å². The largest absolute Gasteiger partial charge is 0.394 e. The van der Waals surface area contributed by atoms with Gasteiger partial charge in [-0.25, -0.2) is 0 Å². The van der Waals surface area contributed by atoms with Gasteiger partial charge in [0, 0.05) is 12.1 Å². The lowest BCUT2D eigenvalue weighted by Crippen LogP contribution is -2.38. The smallest absolute Gasteiger partial charge is 0.254 e. The molecule has 0 bridgehead atoms. The van der Waals surface area contributed by atoms with Gasteiger partial charge >= 0.3 is 0 Å². The normalized spacial score (nSPS) is 19.6. The Bertz CT molecular complexity index is 403. The molecule has 1 fully saturated rings. The number of rotatable bonds is 3. The first-order valence-electron chi connectivity index (χ1n) is 6.27. The first-order valence-corrected chi connectivity index (χ1v) is 6.27. The lowest BCUT2D eigenvalue weighted by molar-refractivity contribution is 0.0676. The fourth-order valence-electron chi connectivity index (χ4n) is 2.48. The number of benzene rings is 1.